The number of hydrogen-bond donors (Lipinski definition) is 3. The van der Waals surface area contributed by atoms with E-state index in [1.54, 1.807) is 48.5 Å². The summed E-state index contributed by atoms with van der Waals surface area (Å²) in [6, 6.07) is 12.9. The quantitative estimate of drug-likeness (QED) is 0.560. The van der Waals surface area contributed by atoms with Crippen LogP contribution in [0.2, 0.25) is 5.02 Å². The lowest BCUT2D eigenvalue weighted by atomic mass is 9.98. The molecule has 2 aromatic carbocycles. The van der Waals surface area contributed by atoms with Crippen LogP contribution in [-0.4, -0.2) is 30.4 Å². The Bertz CT molecular complexity index is 889. The van der Waals surface area contributed by atoms with E-state index < -0.39 is 17.9 Å². The van der Waals surface area contributed by atoms with Gasteiger partial charge in [0.1, 0.15) is 11.8 Å². The van der Waals surface area contributed by atoms with Crippen LogP contribution in [0.3, 0.4) is 0 Å². The minimum absolute atomic E-state index is 0.136. The molecule has 0 fully saturated rings. The lowest BCUT2D eigenvalue weighted by Crippen LogP contribution is -2.55. The molecule has 8 heteroatoms. The van der Waals surface area contributed by atoms with E-state index in [2.05, 4.69) is 16.2 Å². The van der Waals surface area contributed by atoms with E-state index in [0.717, 1.165) is 5.56 Å². The molecule has 0 aliphatic rings. The van der Waals surface area contributed by atoms with Crippen molar-refractivity contribution in [3.8, 4) is 5.75 Å². The number of ether oxygens (including phenoxy) is 1. The van der Waals surface area contributed by atoms with E-state index in [-0.39, 0.29) is 18.4 Å². The number of carbonyl (C=O) groups excluding carboxylic acids is 3. The standard InChI is InChI=1S/C22H26ClN3O4/c1-4-14(2)20(24-21(28)16-8-6-5-7-9-16)22(29)26-25-19(27)13-30-17-10-11-18(23)15(3)12-17/h5-12,14,20H,4,13H2,1-3H3,(H,24,28)(H,25,27)(H,26,29)/t14-,20-/m0/s1. The highest BCUT2D eigenvalue weighted by Gasteiger charge is 2.26. The second-order valence-electron chi connectivity index (χ2n) is 6.94. The third-order valence-corrected chi connectivity index (χ3v) is 5.07. The predicted octanol–water partition coefficient (Wildman–Crippen LogP) is 3.02. The van der Waals surface area contributed by atoms with E-state index in [1.165, 1.54) is 0 Å². The fourth-order valence-corrected chi connectivity index (χ4v) is 2.73. The van der Waals surface area contributed by atoms with Crippen molar-refractivity contribution in [2.45, 2.75) is 33.2 Å². The molecule has 0 aliphatic carbocycles. The van der Waals surface area contributed by atoms with Gasteiger partial charge in [0.05, 0.1) is 0 Å². The largest absolute Gasteiger partial charge is 0.484 e. The maximum atomic E-state index is 12.6. The Morgan fingerprint density at radius 2 is 1.77 bits per heavy atom. The van der Waals surface area contributed by atoms with Crippen molar-refractivity contribution in [3.63, 3.8) is 0 Å². The van der Waals surface area contributed by atoms with Gasteiger partial charge >= 0.3 is 0 Å². The molecule has 30 heavy (non-hydrogen) atoms. The first kappa shape index (κ1) is 23.2. The summed E-state index contributed by atoms with van der Waals surface area (Å²) in [4.78, 5) is 37.0. The number of carbonyl (C=O) groups is 3. The molecule has 0 aliphatic heterocycles. The Hall–Kier alpha value is -3.06. The van der Waals surface area contributed by atoms with Gasteiger partial charge in [-0.3, -0.25) is 25.2 Å². The summed E-state index contributed by atoms with van der Waals surface area (Å²) in [5, 5.41) is 3.34. The molecule has 0 bridgehead atoms. The Labute approximate surface area is 181 Å². The molecule has 2 aromatic rings. The minimum atomic E-state index is -0.803. The highest BCUT2D eigenvalue weighted by molar-refractivity contribution is 6.31. The second kappa shape index (κ2) is 11.2. The highest BCUT2D eigenvalue weighted by atomic mass is 35.5. The van der Waals surface area contributed by atoms with Gasteiger partial charge in [0.2, 0.25) is 0 Å². The van der Waals surface area contributed by atoms with Crippen LogP contribution >= 0.6 is 11.6 Å². The molecule has 3 N–H and O–H groups in total. The smallest absolute Gasteiger partial charge is 0.276 e. The molecule has 0 saturated heterocycles. The molecule has 7 nitrogen and oxygen atoms in total. The average molecular weight is 432 g/mol. The molecule has 0 unspecified atom stereocenters. The molecule has 2 atom stereocenters. The van der Waals surface area contributed by atoms with Crippen LogP contribution in [-0.2, 0) is 9.59 Å². The third kappa shape index (κ3) is 6.77. The number of amides is 3. The topological polar surface area (TPSA) is 96.5 Å². The van der Waals surface area contributed by atoms with E-state index in [1.807, 2.05) is 20.8 Å². The monoisotopic (exact) mass is 431 g/mol. The van der Waals surface area contributed by atoms with Gasteiger partial charge in [0, 0.05) is 10.6 Å². The number of rotatable bonds is 8. The highest BCUT2D eigenvalue weighted by Crippen LogP contribution is 2.20. The molecule has 0 spiro atoms. The van der Waals surface area contributed by atoms with Gasteiger partial charge in [-0.25, -0.2) is 0 Å². The summed E-state index contributed by atoms with van der Waals surface area (Å²) < 4.78 is 5.40. The van der Waals surface area contributed by atoms with E-state index in [9.17, 15) is 14.4 Å². The van der Waals surface area contributed by atoms with Crippen LogP contribution in [0.4, 0.5) is 0 Å². The Kier molecular flexibility index (Phi) is 8.68. The number of benzene rings is 2. The van der Waals surface area contributed by atoms with Gasteiger partial charge in [-0.05, 0) is 48.7 Å². The van der Waals surface area contributed by atoms with Gasteiger partial charge in [0.15, 0.2) is 6.61 Å². The lowest BCUT2D eigenvalue weighted by Gasteiger charge is -2.23. The van der Waals surface area contributed by atoms with E-state index in [4.69, 9.17) is 16.3 Å². The fourth-order valence-electron chi connectivity index (χ4n) is 2.62. The predicted molar refractivity (Wildman–Crippen MR) is 115 cm³/mol. The molecule has 0 heterocycles. The first-order valence-electron chi connectivity index (χ1n) is 9.65. The van der Waals surface area contributed by atoms with Crippen molar-refractivity contribution < 1.29 is 19.1 Å². The molecule has 0 saturated carbocycles. The summed E-state index contributed by atoms with van der Waals surface area (Å²) in [6.45, 7) is 5.31. The number of hydrazine groups is 1. The number of halogens is 1. The van der Waals surface area contributed by atoms with Crippen LogP contribution in [0.1, 0.15) is 36.2 Å². The SMILES string of the molecule is CC[C@H](C)[C@H](NC(=O)c1ccccc1)C(=O)NNC(=O)COc1ccc(Cl)c(C)c1. The van der Waals surface area contributed by atoms with Crippen molar-refractivity contribution in [2.24, 2.45) is 5.92 Å². The first-order valence-corrected chi connectivity index (χ1v) is 10.0. The zero-order valence-electron chi connectivity index (χ0n) is 17.2. The van der Waals surface area contributed by atoms with Gasteiger partial charge in [-0.2, -0.15) is 0 Å². The van der Waals surface area contributed by atoms with Crippen LogP contribution in [0.25, 0.3) is 0 Å². The molecule has 0 aromatic heterocycles. The molecular weight excluding hydrogens is 406 g/mol. The Balaban J connectivity index is 1.89. The summed E-state index contributed by atoms with van der Waals surface area (Å²) in [5.41, 5.74) is 5.95. The molecular formula is C22H26ClN3O4. The number of aryl methyl sites for hydroxylation is 1. The van der Waals surface area contributed by atoms with Gasteiger partial charge in [-0.1, -0.05) is 50.1 Å². The molecule has 160 valence electrons. The van der Waals surface area contributed by atoms with Crippen molar-refractivity contribution in [3.05, 3.63) is 64.7 Å². The van der Waals surface area contributed by atoms with E-state index in [0.29, 0.717) is 22.8 Å². The fraction of sp³-hybridized carbons (Fsp3) is 0.318. The second-order valence-corrected chi connectivity index (χ2v) is 7.35. The third-order valence-electron chi connectivity index (χ3n) is 4.64. The summed E-state index contributed by atoms with van der Waals surface area (Å²) >= 11 is 5.96. The van der Waals surface area contributed by atoms with Crippen LogP contribution in [0.5, 0.6) is 5.75 Å². The van der Waals surface area contributed by atoms with Crippen molar-refractivity contribution >= 4 is 29.3 Å². The van der Waals surface area contributed by atoms with Gasteiger partial charge < -0.3 is 10.1 Å². The molecule has 2 rings (SSSR count). The van der Waals surface area contributed by atoms with Crippen molar-refractivity contribution in [1.82, 2.24) is 16.2 Å². The van der Waals surface area contributed by atoms with Crippen LogP contribution < -0.4 is 20.9 Å². The Morgan fingerprint density at radius 1 is 1.07 bits per heavy atom. The zero-order chi connectivity index (χ0) is 22.1. The summed E-state index contributed by atoms with van der Waals surface area (Å²) in [7, 11) is 0. The van der Waals surface area contributed by atoms with Gasteiger partial charge in [-0.15, -0.1) is 0 Å². The Morgan fingerprint density at radius 3 is 2.40 bits per heavy atom. The minimum Gasteiger partial charge on any atom is -0.484 e. The maximum absolute atomic E-state index is 12.6. The van der Waals surface area contributed by atoms with Crippen LogP contribution in [0, 0.1) is 12.8 Å². The van der Waals surface area contributed by atoms with Crippen molar-refractivity contribution in [2.75, 3.05) is 6.61 Å². The normalized spacial score (nSPS) is 12.4. The number of hydrogen-bond acceptors (Lipinski definition) is 4. The lowest BCUT2D eigenvalue weighted by molar-refractivity contribution is -0.131. The van der Waals surface area contributed by atoms with Crippen molar-refractivity contribution in [1.29, 1.82) is 0 Å². The van der Waals surface area contributed by atoms with Crippen LogP contribution in [0.15, 0.2) is 48.5 Å². The van der Waals surface area contributed by atoms with E-state index >= 15 is 0 Å². The van der Waals surface area contributed by atoms with Gasteiger partial charge in [0.25, 0.3) is 17.7 Å². The summed E-state index contributed by atoms with van der Waals surface area (Å²) in [6.07, 6.45) is 0.667. The molecule has 0 radical (unpaired) electrons. The maximum Gasteiger partial charge on any atom is 0.276 e. The first-order chi connectivity index (χ1) is 14.3. The zero-order valence-corrected chi connectivity index (χ0v) is 18.0. The molecule has 3 amide bonds. The number of nitrogens with one attached hydrogen (secondary N) is 3. The summed E-state index contributed by atoms with van der Waals surface area (Å²) in [5.74, 6) is -1.05. The average Bonchev–Trinajstić information content (AvgIpc) is 2.76.